The Bertz CT molecular complexity index is 419. The van der Waals surface area contributed by atoms with Crippen molar-refractivity contribution in [2.24, 2.45) is 5.73 Å². The van der Waals surface area contributed by atoms with Crippen LogP contribution >= 0.6 is 12.4 Å². The molecule has 23 heavy (non-hydrogen) atoms. The van der Waals surface area contributed by atoms with Gasteiger partial charge in [-0.05, 0) is 0 Å². The first-order chi connectivity index (χ1) is 9.79. The summed E-state index contributed by atoms with van der Waals surface area (Å²) in [6.07, 6.45) is -6.39. The van der Waals surface area contributed by atoms with Crippen LogP contribution in [0, 0.1) is 0 Å². The highest BCUT2D eigenvalue weighted by molar-refractivity contribution is 5.85. The molecule has 4 nitrogen and oxygen atoms in total. The third-order valence-electron chi connectivity index (χ3n) is 2.40. The Hall–Kier alpha value is -1.17. The van der Waals surface area contributed by atoms with Crippen molar-refractivity contribution >= 4 is 24.2 Å². The minimum Gasteiger partial charge on any atom is -0.459 e. The van der Waals surface area contributed by atoms with Crippen LogP contribution in [0.3, 0.4) is 0 Å². The molecule has 0 aliphatic carbocycles. The van der Waals surface area contributed by atoms with Crippen LogP contribution in [0.4, 0.5) is 35.1 Å². The highest BCUT2D eigenvalue weighted by Crippen LogP contribution is 2.48. The summed E-state index contributed by atoms with van der Waals surface area (Å²) >= 11 is 0. The summed E-state index contributed by atoms with van der Waals surface area (Å²) in [5.41, 5.74) is 4.86. The molecule has 0 aromatic heterocycles. The van der Waals surface area contributed by atoms with Crippen molar-refractivity contribution < 1.29 is 49.4 Å². The highest BCUT2D eigenvalue weighted by Gasteiger charge is 2.75. The second-order valence-corrected chi connectivity index (χ2v) is 4.11. The normalized spacial score (nSPS) is 12.8. The van der Waals surface area contributed by atoms with Gasteiger partial charge in [-0.1, -0.05) is 0 Å². The Balaban J connectivity index is 0. The summed E-state index contributed by atoms with van der Waals surface area (Å²) in [6, 6.07) is 0. The Morgan fingerprint density at radius 2 is 1.48 bits per heavy atom. The number of alkyl halides is 8. The molecule has 138 valence electrons. The molecule has 0 radical (unpaired) electrons. The van der Waals surface area contributed by atoms with Gasteiger partial charge in [0.25, 0.3) is 0 Å². The van der Waals surface area contributed by atoms with Gasteiger partial charge in [0, 0.05) is 6.42 Å². The molecule has 2 N–H and O–H groups in total. The molecule has 0 atom stereocenters. The summed E-state index contributed by atoms with van der Waals surface area (Å²) in [4.78, 5) is 21.6. The second-order valence-electron chi connectivity index (χ2n) is 4.11. The standard InChI is InChI=1S/C10H11F8NO3.ClH/c11-7(12)9(15,16)10(17,18)8(13,14)4-22-6(21)2-1-5(20)3-19;/h7H,1-4,19H2;1H. The minimum absolute atomic E-state index is 0. The van der Waals surface area contributed by atoms with Gasteiger partial charge in [-0.25, -0.2) is 8.78 Å². The van der Waals surface area contributed by atoms with E-state index < -0.39 is 61.9 Å². The SMILES string of the molecule is Cl.NCC(=O)CCC(=O)OCC(F)(F)C(F)(F)C(F)(F)C(F)F. The fourth-order valence-electron chi connectivity index (χ4n) is 1.06. The maximum atomic E-state index is 13.0. The molecule has 0 aliphatic heterocycles. The maximum absolute atomic E-state index is 13.0. The lowest BCUT2D eigenvalue weighted by Gasteiger charge is -2.31. The van der Waals surface area contributed by atoms with Gasteiger partial charge in [0.05, 0.1) is 13.0 Å². The first-order valence-corrected chi connectivity index (χ1v) is 5.58. The average molecular weight is 382 g/mol. The Labute approximate surface area is 130 Å². The van der Waals surface area contributed by atoms with E-state index in [0.29, 0.717) is 0 Å². The van der Waals surface area contributed by atoms with E-state index in [1.807, 2.05) is 0 Å². The van der Waals surface area contributed by atoms with Crippen LogP contribution in [0.15, 0.2) is 0 Å². The fraction of sp³-hybridized carbons (Fsp3) is 0.800. The zero-order chi connectivity index (χ0) is 17.8. The van der Waals surface area contributed by atoms with E-state index in [4.69, 9.17) is 5.73 Å². The van der Waals surface area contributed by atoms with Gasteiger partial charge in [-0.3, -0.25) is 9.59 Å². The van der Waals surface area contributed by atoms with Crippen molar-refractivity contribution in [2.45, 2.75) is 37.0 Å². The third kappa shape index (κ3) is 5.75. The van der Waals surface area contributed by atoms with E-state index in [1.165, 1.54) is 0 Å². The molecule has 0 saturated heterocycles. The number of ketones is 1. The van der Waals surface area contributed by atoms with Crippen LogP contribution < -0.4 is 5.73 Å². The number of carbonyl (C=O) groups is 2. The van der Waals surface area contributed by atoms with Crippen molar-refractivity contribution in [3.05, 3.63) is 0 Å². The zero-order valence-corrected chi connectivity index (χ0v) is 12.0. The van der Waals surface area contributed by atoms with E-state index in [2.05, 4.69) is 4.74 Å². The lowest BCUT2D eigenvalue weighted by atomic mass is 10.1. The Morgan fingerprint density at radius 3 is 1.87 bits per heavy atom. The van der Waals surface area contributed by atoms with Crippen LogP contribution in [0.1, 0.15) is 12.8 Å². The lowest BCUT2D eigenvalue weighted by Crippen LogP contribution is -2.59. The summed E-state index contributed by atoms with van der Waals surface area (Å²) in [5, 5.41) is 0. The van der Waals surface area contributed by atoms with Crippen molar-refractivity contribution in [3.63, 3.8) is 0 Å². The van der Waals surface area contributed by atoms with Crippen molar-refractivity contribution in [1.29, 1.82) is 0 Å². The molecule has 0 fully saturated rings. The second kappa shape index (κ2) is 8.62. The molecule has 0 heterocycles. The predicted molar refractivity (Wildman–Crippen MR) is 62.3 cm³/mol. The molecule has 13 heteroatoms. The van der Waals surface area contributed by atoms with Crippen LogP contribution in [0.5, 0.6) is 0 Å². The molecule has 0 bridgehead atoms. The van der Waals surface area contributed by atoms with Gasteiger partial charge in [-0.15, -0.1) is 12.4 Å². The monoisotopic (exact) mass is 381 g/mol. The molecule has 0 unspecified atom stereocenters. The molecule has 0 amide bonds. The zero-order valence-electron chi connectivity index (χ0n) is 11.1. The molecule has 0 aromatic rings. The summed E-state index contributed by atoms with van der Waals surface area (Å²) < 4.78 is 104. The van der Waals surface area contributed by atoms with Gasteiger partial charge in [0.2, 0.25) is 0 Å². The van der Waals surface area contributed by atoms with Crippen molar-refractivity contribution in [1.82, 2.24) is 0 Å². The van der Waals surface area contributed by atoms with Crippen molar-refractivity contribution in [3.8, 4) is 0 Å². The van der Waals surface area contributed by atoms with E-state index in [1.54, 1.807) is 0 Å². The molecular formula is C10H12ClF8NO3. The highest BCUT2D eigenvalue weighted by atomic mass is 35.5. The summed E-state index contributed by atoms with van der Waals surface area (Å²) in [5.74, 6) is -20.7. The van der Waals surface area contributed by atoms with Gasteiger partial charge in [0.15, 0.2) is 6.61 Å². The van der Waals surface area contributed by atoms with E-state index in [-0.39, 0.29) is 12.4 Å². The average Bonchev–Trinajstić information content (AvgIpc) is 2.41. The largest absolute Gasteiger partial charge is 0.459 e. The fourth-order valence-corrected chi connectivity index (χ4v) is 1.06. The van der Waals surface area contributed by atoms with Crippen LogP contribution in [0.2, 0.25) is 0 Å². The number of hydrogen-bond acceptors (Lipinski definition) is 4. The number of rotatable bonds is 9. The van der Waals surface area contributed by atoms with Gasteiger partial charge < -0.3 is 10.5 Å². The molecule has 0 spiro atoms. The van der Waals surface area contributed by atoms with Crippen LogP contribution in [0.25, 0.3) is 0 Å². The topological polar surface area (TPSA) is 69.4 Å². The van der Waals surface area contributed by atoms with E-state index in [9.17, 15) is 44.7 Å². The number of hydrogen-bond donors (Lipinski definition) is 1. The number of carbonyl (C=O) groups excluding carboxylic acids is 2. The maximum Gasteiger partial charge on any atom is 0.381 e. The summed E-state index contributed by atoms with van der Waals surface area (Å²) in [6.45, 7) is -3.01. The lowest BCUT2D eigenvalue weighted by molar-refractivity contribution is -0.344. The summed E-state index contributed by atoms with van der Waals surface area (Å²) in [7, 11) is 0. The smallest absolute Gasteiger partial charge is 0.381 e. The number of halogens is 9. The molecule has 0 saturated carbocycles. The van der Waals surface area contributed by atoms with Crippen molar-refractivity contribution in [2.75, 3.05) is 13.2 Å². The van der Waals surface area contributed by atoms with E-state index >= 15 is 0 Å². The Kier molecular flexibility index (Phi) is 9.02. The molecule has 0 aliphatic rings. The number of nitrogens with two attached hydrogens (primary N) is 1. The molecule has 0 rings (SSSR count). The quantitative estimate of drug-likeness (QED) is 0.492. The van der Waals surface area contributed by atoms with Crippen LogP contribution in [-0.4, -0.2) is 49.1 Å². The third-order valence-corrected chi connectivity index (χ3v) is 2.40. The molecule has 0 aromatic carbocycles. The number of esters is 1. The van der Waals surface area contributed by atoms with Gasteiger partial charge in [0.1, 0.15) is 5.78 Å². The molecular weight excluding hydrogens is 370 g/mol. The Morgan fingerprint density at radius 1 is 1.00 bits per heavy atom. The first kappa shape index (κ1) is 24.1. The van der Waals surface area contributed by atoms with Crippen LogP contribution in [-0.2, 0) is 14.3 Å². The first-order valence-electron chi connectivity index (χ1n) is 5.58. The van der Waals surface area contributed by atoms with E-state index in [0.717, 1.165) is 0 Å². The van der Waals surface area contributed by atoms with Gasteiger partial charge in [-0.2, -0.15) is 26.3 Å². The van der Waals surface area contributed by atoms with Gasteiger partial charge >= 0.3 is 30.2 Å². The number of ether oxygens (including phenoxy) is 1. The minimum atomic E-state index is -6.44. The predicted octanol–water partition coefficient (Wildman–Crippen LogP) is 2.43. The number of Topliss-reactive ketones (excluding diaryl/α,β-unsaturated/α-hetero) is 1.